The molecule has 3 rings (SSSR count). The van der Waals surface area contributed by atoms with E-state index >= 15 is 0 Å². The van der Waals surface area contributed by atoms with Crippen molar-refractivity contribution in [3.63, 3.8) is 0 Å². The molecule has 1 fully saturated rings. The fourth-order valence-electron chi connectivity index (χ4n) is 3.61. The summed E-state index contributed by atoms with van der Waals surface area (Å²) in [7, 11) is 0. The molecular formula is C24H30N2O3. The number of carbonyl (C=O) groups excluding carboxylic acids is 2. The number of nitrogens with one attached hydrogen (secondary N) is 1. The van der Waals surface area contributed by atoms with E-state index in [1.165, 1.54) is 0 Å². The van der Waals surface area contributed by atoms with Crippen LogP contribution in [0.25, 0.3) is 0 Å². The van der Waals surface area contributed by atoms with Gasteiger partial charge in [0.25, 0.3) is 11.8 Å². The lowest BCUT2D eigenvalue weighted by Gasteiger charge is -2.31. The molecule has 1 saturated heterocycles. The van der Waals surface area contributed by atoms with Crippen molar-refractivity contribution in [2.45, 2.75) is 46.6 Å². The number of ether oxygens (including phenoxy) is 1. The molecule has 2 amide bonds. The number of rotatable bonds is 5. The first-order valence-corrected chi connectivity index (χ1v) is 10.3. The quantitative estimate of drug-likeness (QED) is 0.807. The highest BCUT2D eigenvalue weighted by molar-refractivity contribution is 6.04. The number of para-hydroxylation sites is 2. The average molecular weight is 395 g/mol. The van der Waals surface area contributed by atoms with Crippen molar-refractivity contribution in [1.29, 1.82) is 0 Å². The second-order valence-electron chi connectivity index (χ2n) is 7.99. The van der Waals surface area contributed by atoms with E-state index in [4.69, 9.17) is 4.74 Å². The number of aryl methyl sites for hydroxylation is 2. The zero-order chi connectivity index (χ0) is 21.0. The Morgan fingerprint density at radius 2 is 1.66 bits per heavy atom. The van der Waals surface area contributed by atoms with Crippen LogP contribution in [0.1, 0.15) is 48.2 Å². The third kappa shape index (κ3) is 4.97. The molecular weight excluding hydrogens is 364 g/mol. The number of nitrogens with zero attached hydrogens (tertiary/aromatic N) is 1. The van der Waals surface area contributed by atoms with Crippen LogP contribution in [-0.4, -0.2) is 35.9 Å². The number of hydrogen-bond acceptors (Lipinski definition) is 3. The lowest BCUT2D eigenvalue weighted by atomic mass is 9.98. The summed E-state index contributed by atoms with van der Waals surface area (Å²) in [6, 6.07) is 13.1. The molecule has 0 radical (unpaired) electrons. The first-order valence-electron chi connectivity index (χ1n) is 10.3. The molecule has 29 heavy (non-hydrogen) atoms. The van der Waals surface area contributed by atoms with Gasteiger partial charge in [0.1, 0.15) is 5.75 Å². The minimum absolute atomic E-state index is 0.0314. The maximum atomic E-state index is 13.0. The van der Waals surface area contributed by atoms with Crippen LogP contribution in [0.5, 0.6) is 5.75 Å². The van der Waals surface area contributed by atoms with Crippen molar-refractivity contribution in [3.8, 4) is 5.75 Å². The number of piperidine rings is 1. The van der Waals surface area contributed by atoms with Crippen molar-refractivity contribution in [3.05, 3.63) is 59.2 Å². The molecule has 5 heteroatoms. The van der Waals surface area contributed by atoms with Gasteiger partial charge in [-0.1, -0.05) is 37.3 Å². The molecule has 0 aromatic heterocycles. The molecule has 1 unspecified atom stereocenters. The average Bonchev–Trinajstić information content (AvgIpc) is 2.71. The van der Waals surface area contributed by atoms with E-state index in [0.717, 1.165) is 42.8 Å². The normalized spacial score (nSPS) is 15.7. The van der Waals surface area contributed by atoms with Gasteiger partial charge >= 0.3 is 0 Å². The highest BCUT2D eigenvalue weighted by atomic mass is 16.5. The van der Waals surface area contributed by atoms with Crippen LogP contribution >= 0.6 is 0 Å². The van der Waals surface area contributed by atoms with Crippen molar-refractivity contribution in [2.75, 3.05) is 18.4 Å². The summed E-state index contributed by atoms with van der Waals surface area (Å²) in [4.78, 5) is 27.7. The third-order valence-electron chi connectivity index (χ3n) is 5.56. The first-order chi connectivity index (χ1) is 13.9. The number of amides is 2. The fourth-order valence-corrected chi connectivity index (χ4v) is 3.61. The summed E-state index contributed by atoms with van der Waals surface area (Å²) in [5.74, 6) is 1.06. The first kappa shape index (κ1) is 20.9. The molecule has 1 aliphatic heterocycles. The summed E-state index contributed by atoms with van der Waals surface area (Å²) in [5, 5.41) is 2.89. The summed E-state index contributed by atoms with van der Waals surface area (Å²) in [6.07, 6.45) is 1.34. The molecule has 5 nitrogen and oxygen atoms in total. The SMILES string of the molecule is Cc1cccc(C)c1OC(C)C(=O)Nc1ccccc1C(=O)N1CCC(C)CC1. The molecule has 0 aliphatic carbocycles. The van der Waals surface area contributed by atoms with Gasteiger partial charge in [0, 0.05) is 13.1 Å². The van der Waals surface area contributed by atoms with Gasteiger partial charge in [-0.2, -0.15) is 0 Å². The molecule has 0 saturated carbocycles. The van der Waals surface area contributed by atoms with Crippen LogP contribution < -0.4 is 10.1 Å². The number of carbonyl (C=O) groups is 2. The van der Waals surface area contributed by atoms with Gasteiger partial charge in [0.15, 0.2) is 6.10 Å². The molecule has 1 N–H and O–H groups in total. The zero-order valence-corrected chi connectivity index (χ0v) is 17.7. The van der Waals surface area contributed by atoms with E-state index in [0.29, 0.717) is 17.2 Å². The Bertz CT molecular complexity index is 865. The lowest BCUT2D eigenvalue weighted by molar-refractivity contribution is -0.122. The molecule has 1 heterocycles. The lowest BCUT2D eigenvalue weighted by Crippen LogP contribution is -2.38. The molecule has 0 spiro atoms. The highest BCUT2D eigenvalue weighted by Crippen LogP contribution is 2.25. The van der Waals surface area contributed by atoms with Gasteiger partial charge in [-0.25, -0.2) is 0 Å². The van der Waals surface area contributed by atoms with Crippen LogP contribution in [0.15, 0.2) is 42.5 Å². The van der Waals surface area contributed by atoms with Crippen LogP contribution in [0.3, 0.4) is 0 Å². The highest BCUT2D eigenvalue weighted by Gasteiger charge is 2.25. The van der Waals surface area contributed by atoms with Gasteiger partial charge in [0.05, 0.1) is 11.3 Å². The number of anilines is 1. The van der Waals surface area contributed by atoms with Gasteiger partial charge in [-0.3, -0.25) is 9.59 Å². The Labute approximate surface area is 173 Å². The topological polar surface area (TPSA) is 58.6 Å². The van der Waals surface area contributed by atoms with Crippen molar-refractivity contribution < 1.29 is 14.3 Å². The van der Waals surface area contributed by atoms with Crippen LogP contribution in [0.4, 0.5) is 5.69 Å². The van der Waals surface area contributed by atoms with Gasteiger partial charge in [-0.15, -0.1) is 0 Å². The van der Waals surface area contributed by atoms with Crippen molar-refractivity contribution >= 4 is 17.5 Å². The monoisotopic (exact) mass is 394 g/mol. The van der Waals surface area contributed by atoms with Gasteiger partial charge in [-0.05, 0) is 62.8 Å². The number of hydrogen-bond donors (Lipinski definition) is 1. The zero-order valence-electron chi connectivity index (χ0n) is 17.7. The van der Waals surface area contributed by atoms with E-state index in [9.17, 15) is 9.59 Å². The van der Waals surface area contributed by atoms with E-state index in [2.05, 4.69) is 12.2 Å². The molecule has 2 aromatic carbocycles. The third-order valence-corrected chi connectivity index (χ3v) is 5.56. The Morgan fingerprint density at radius 1 is 1.03 bits per heavy atom. The second-order valence-corrected chi connectivity index (χ2v) is 7.99. The minimum atomic E-state index is -0.686. The predicted molar refractivity (Wildman–Crippen MR) is 115 cm³/mol. The molecule has 1 atom stereocenters. The van der Waals surface area contributed by atoms with Gasteiger partial charge in [0.2, 0.25) is 0 Å². The summed E-state index contributed by atoms with van der Waals surface area (Å²) < 4.78 is 5.93. The van der Waals surface area contributed by atoms with E-state index in [1.807, 2.05) is 49.1 Å². The Kier molecular flexibility index (Phi) is 6.57. The predicted octanol–water partition coefficient (Wildman–Crippen LogP) is 4.58. The largest absolute Gasteiger partial charge is 0.480 e. The van der Waals surface area contributed by atoms with E-state index in [1.54, 1.807) is 19.1 Å². The fraction of sp³-hybridized carbons (Fsp3) is 0.417. The van der Waals surface area contributed by atoms with E-state index < -0.39 is 6.10 Å². The molecule has 0 bridgehead atoms. The summed E-state index contributed by atoms with van der Waals surface area (Å²) in [6.45, 7) is 9.37. The summed E-state index contributed by atoms with van der Waals surface area (Å²) >= 11 is 0. The Morgan fingerprint density at radius 3 is 2.31 bits per heavy atom. The standard InChI is InChI=1S/C24H30N2O3/c1-16-12-14-26(15-13-16)24(28)20-10-5-6-11-21(20)25-23(27)19(4)29-22-17(2)8-7-9-18(22)3/h5-11,16,19H,12-15H2,1-4H3,(H,25,27). The maximum absolute atomic E-state index is 13.0. The smallest absolute Gasteiger partial charge is 0.265 e. The number of likely N-dealkylation sites (tertiary alicyclic amines) is 1. The number of benzene rings is 2. The maximum Gasteiger partial charge on any atom is 0.265 e. The van der Waals surface area contributed by atoms with E-state index in [-0.39, 0.29) is 11.8 Å². The van der Waals surface area contributed by atoms with Crippen molar-refractivity contribution in [1.82, 2.24) is 4.90 Å². The summed E-state index contributed by atoms with van der Waals surface area (Å²) in [5.41, 5.74) is 3.02. The molecule has 1 aliphatic rings. The molecule has 154 valence electrons. The van der Waals surface area contributed by atoms with Crippen LogP contribution in [0, 0.1) is 19.8 Å². The Balaban J connectivity index is 1.71. The minimum Gasteiger partial charge on any atom is -0.480 e. The van der Waals surface area contributed by atoms with Gasteiger partial charge < -0.3 is 15.0 Å². The Hall–Kier alpha value is -2.82. The molecule has 2 aromatic rings. The second kappa shape index (κ2) is 9.12. The van der Waals surface area contributed by atoms with Crippen LogP contribution in [-0.2, 0) is 4.79 Å². The van der Waals surface area contributed by atoms with Crippen LogP contribution in [0.2, 0.25) is 0 Å². The van der Waals surface area contributed by atoms with Crippen molar-refractivity contribution in [2.24, 2.45) is 5.92 Å².